The van der Waals surface area contributed by atoms with Gasteiger partial charge in [-0.2, -0.15) is 0 Å². The molecule has 17 heavy (non-hydrogen) atoms. The molecule has 0 aliphatic carbocycles. The van der Waals surface area contributed by atoms with E-state index in [4.69, 9.17) is 4.74 Å². The second-order valence-corrected chi connectivity index (χ2v) is 3.54. The summed E-state index contributed by atoms with van der Waals surface area (Å²) in [5, 5.41) is 10.7. The Bertz CT molecular complexity index is 552. The fraction of sp³-hybridized carbons (Fsp3) is 0.0769. The van der Waals surface area contributed by atoms with Crippen LogP contribution in [0.15, 0.2) is 48.5 Å². The smallest absolute Gasteiger partial charge is 0.270 e. The third-order valence-electron chi connectivity index (χ3n) is 2.46. The summed E-state index contributed by atoms with van der Waals surface area (Å²) in [5.41, 5.74) is 1.79. The van der Waals surface area contributed by atoms with Crippen LogP contribution in [-0.4, -0.2) is 12.0 Å². The Labute approximate surface area is 98.6 Å². The van der Waals surface area contributed by atoms with E-state index in [-0.39, 0.29) is 5.69 Å². The lowest BCUT2D eigenvalue weighted by Crippen LogP contribution is -1.88. The molecule has 0 aliphatic heterocycles. The van der Waals surface area contributed by atoms with Gasteiger partial charge in [-0.1, -0.05) is 24.3 Å². The fourth-order valence-electron chi connectivity index (χ4n) is 1.60. The molecule has 86 valence electrons. The van der Waals surface area contributed by atoms with Gasteiger partial charge in [-0.15, -0.1) is 0 Å². The molecule has 0 amide bonds. The highest BCUT2D eigenvalue weighted by atomic mass is 16.6. The number of non-ortho nitro benzene ring substituents is 1. The molecule has 0 spiro atoms. The Morgan fingerprint density at radius 3 is 2.35 bits per heavy atom. The molecule has 0 radical (unpaired) electrons. The van der Waals surface area contributed by atoms with Crippen LogP contribution in [0.3, 0.4) is 0 Å². The lowest BCUT2D eigenvalue weighted by Gasteiger charge is -2.04. The van der Waals surface area contributed by atoms with Gasteiger partial charge in [0.1, 0.15) is 5.75 Å². The second-order valence-electron chi connectivity index (χ2n) is 3.54. The van der Waals surface area contributed by atoms with Crippen molar-refractivity contribution >= 4 is 5.69 Å². The van der Waals surface area contributed by atoms with Gasteiger partial charge >= 0.3 is 0 Å². The number of hydrogen-bond acceptors (Lipinski definition) is 3. The van der Waals surface area contributed by atoms with E-state index >= 15 is 0 Å². The zero-order valence-corrected chi connectivity index (χ0v) is 9.29. The Kier molecular flexibility index (Phi) is 3.05. The molecule has 0 atom stereocenters. The maximum atomic E-state index is 10.7. The maximum absolute atomic E-state index is 10.7. The van der Waals surface area contributed by atoms with Gasteiger partial charge in [-0.3, -0.25) is 10.1 Å². The predicted molar refractivity (Wildman–Crippen MR) is 65.1 cm³/mol. The van der Waals surface area contributed by atoms with Gasteiger partial charge < -0.3 is 4.74 Å². The van der Waals surface area contributed by atoms with Crippen LogP contribution in [0, 0.1) is 10.1 Å². The van der Waals surface area contributed by atoms with E-state index in [9.17, 15) is 10.1 Å². The van der Waals surface area contributed by atoms with Gasteiger partial charge in [0.25, 0.3) is 5.69 Å². The highest BCUT2D eigenvalue weighted by molar-refractivity contribution is 5.67. The standard InChI is InChI=1S/C13H11NO3/c1-17-13-7-3-5-11(9-13)10-4-2-6-12(8-10)14(15)16/h2-9H,1H3. The molecule has 4 heteroatoms. The van der Waals surface area contributed by atoms with Crippen molar-refractivity contribution in [3.05, 3.63) is 58.6 Å². The first-order valence-corrected chi connectivity index (χ1v) is 5.09. The molecule has 2 aromatic rings. The first-order valence-electron chi connectivity index (χ1n) is 5.09. The maximum Gasteiger partial charge on any atom is 0.270 e. The van der Waals surface area contributed by atoms with Gasteiger partial charge in [0.05, 0.1) is 12.0 Å². The zero-order chi connectivity index (χ0) is 12.3. The van der Waals surface area contributed by atoms with E-state index in [1.54, 1.807) is 19.2 Å². The van der Waals surface area contributed by atoms with Crippen molar-refractivity contribution in [3.8, 4) is 16.9 Å². The molecule has 0 saturated carbocycles. The quantitative estimate of drug-likeness (QED) is 0.599. The minimum absolute atomic E-state index is 0.0883. The Morgan fingerprint density at radius 1 is 1.06 bits per heavy atom. The molecule has 2 rings (SSSR count). The summed E-state index contributed by atoms with van der Waals surface area (Å²) < 4.78 is 5.12. The van der Waals surface area contributed by atoms with Crippen molar-refractivity contribution in [1.29, 1.82) is 0 Å². The molecular formula is C13H11NO3. The molecule has 0 unspecified atom stereocenters. The van der Waals surface area contributed by atoms with E-state index in [1.807, 2.05) is 30.3 Å². The average molecular weight is 229 g/mol. The van der Waals surface area contributed by atoms with E-state index in [0.29, 0.717) is 0 Å². The first-order chi connectivity index (χ1) is 8.20. The van der Waals surface area contributed by atoms with E-state index in [1.165, 1.54) is 6.07 Å². The Hall–Kier alpha value is -2.36. The lowest BCUT2D eigenvalue weighted by atomic mass is 10.1. The summed E-state index contributed by atoms with van der Waals surface area (Å²) in [6.45, 7) is 0. The summed E-state index contributed by atoms with van der Waals surface area (Å²) in [4.78, 5) is 10.3. The molecule has 0 aliphatic rings. The highest BCUT2D eigenvalue weighted by Crippen LogP contribution is 2.26. The summed E-state index contributed by atoms with van der Waals surface area (Å²) in [5.74, 6) is 0.731. The fourth-order valence-corrected chi connectivity index (χ4v) is 1.60. The monoisotopic (exact) mass is 229 g/mol. The number of nitro groups is 1. The van der Waals surface area contributed by atoms with Crippen LogP contribution in [0.4, 0.5) is 5.69 Å². The molecule has 0 bridgehead atoms. The van der Waals surface area contributed by atoms with Gasteiger partial charge in [0.2, 0.25) is 0 Å². The summed E-state index contributed by atoms with van der Waals surface area (Å²) in [7, 11) is 1.59. The lowest BCUT2D eigenvalue weighted by molar-refractivity contribution is -0.384. The van der Waals surface area contributed by atoms with Crippen LogP contribution in [0.1, 0.15) is 0 Å². The van der Waals surface area contributed by atoms with Crippen LogP contribution in [0.25, 0.3) is 11.1 Å². The van der Waals surface area contributed by atoms with Gasteiger partial charge in [-0.25, -0.2) is 0 Å². The van der Waals surface area contributed by atoms with Crippen LogP contribution in [-0.2, 0) is 0 Å². The van der Waals surface area contributed by atoms with E-state index in [2.05, 4.69) is 0 Å². The van der Waals surface area contributed by atoms with Crippen molar-refractivity contribution in [2.75, 3.05) is 7.11 Å². The third-order valence-corrected chi connectivity index (χ3v) is 2.46. The number of benzene rings is 2. The van der Waals surface area contributed by atoms with Crippen molar-refractivity contribution in [1.82, 2.24) is 0 Å². The number of ether oxygens (including phenoxy) is 1. The van der Waals surface area contributed by atoms with Gasteiger partial charge in [0, 0.05) is 12.1 Å². The van der Waals surface area contributed by atoms with Crippen LogP contribution in [0.5, 0.6) is 5.75 Å². The molecule has 0 N–H and O–H groups in total. The molecular weight excluding hydrogens is 218 g/mol. The van der Waals surface area contributed by atoms with Crippen LogP contribution in [0.2, 0.25) is 0 Å². The van der Waals surface area contributed by atoms with Crippen molar-refractivity contribution < 1.29 is 9.66 Å². The summed E-state index contributed by atoms with van der Waals surface area (Å²) >= 11 is 0. The largest absolute Gasteiger partial charge is 0.497 e. The van der Waals surface area contributed by atoms with Crippen molar-refractivity contribution in [3.63, 3.8) is 0 Å². The molecule has 2 aromatic carbocycles. The molecule has 4 nitrogen and oxygen atoms in total. The molecule has 0 saturated heterocycles. The number of nitro benzene ring substituents is 1. The number of nitrogens with zero attached hydrogens (tertiary/aromatic N) is 1. The number of methoxy groups -OCH3 is 1. The summed E-state index contributed by atoms with van der Waals surface area (Å²) in [6.07, 6.45) is 0. The summed E-state index contributed by atoms with van der Waals surface area (Å²) in [6, 6.07) is 14.0. The van der Waals surface area contributed by atoms with Gasteiger partial charge in [-0.05, 0) is 23.3 Å². The minimum atomic E-state index is -0.399. The zero-order valence-electron chi connectivity index (χ0n) is 9.29. The van der Waals surface area contributed by atoms with E-state index in [0.717, 1.165) is 16.9 Å². The van der Waals surface area contributed by atoms with E-state index < -0.39 is 4.92 Å². The minimum Gasteiger partial charge on any atom is -0.497 e. The third kappa shape index (κ3) is 2.42. The van der Waals surface area contributed by atoms with Gasteiger partial charge in [0.15, 0.2) is 0 Å². The molecule has 0 aromatic heterocycles. The Morgan fingerprint density at radius 2 is 1.71 bits per heavy atom. The molecule has 0 heterocycles. The Balaban J connectivity index is 2.45. The number of hydrogen-bond donors (Lipinski definition) is 0. The average Bonchev–Trinajstić information content (AvgIpc) is 2.39. The topological polar surface area (TPSA) is 52.4 Å². The van der Waals surface area contributed by atoms with Crippen LogP contribution >= 0.6 is 0 Å². The highest BCUT2D eigenvalue weighted by Gasteiger charge is 2.07. The predicted octanol–water partition coefficient (Wildman–Crippen LogP) is 3.27. The normalized spacial score (nSPS) is 9.94. The number of rotatable bonds is 3. The van der Waals surface area contributed by atoms with Crippen molar-refractivity contribution in [2.45, 2.75) is 0 Å². The molecule has 0 fully saturated rings. The second kappa shape index (κ2) is 4.65. The van der Waals surface area contributed by atoms with Crippen LogP contribution < -0.4 is 4.74 Å². The van der Waals surface area contributed by atoms with Crippen molar-refractivity contribution in [2.24, 2.45) is 0 Å². The SMILES string of the molecule is COc1cccc(-c2cccc([N+](=O)[O-])c2)c1. The first kappa shape index (κ1) is 11.1.